The summed E-state index contributed by atoms with van der Waals surface area (Å²) in [5.41, 5.74) is 0.185. The van der Waals surface area contributed by atoms with Crippen LogP contribution in [0.2, 0.25) is 0 Å². The van der Waals surface area contributed by atoms with Gasteiger partial charge in [0, 0.05) is 19.6 Å². The highest BCUT2D eigenvalue weighted by Crippen LogP contribution is 2.26. The third-order valence-corrected chi connectivity index (χ3v) is 6.51. The lowest BCUT2D eigenvalue weighted by molar-refractivity contribution is -0.136. The monoisotopic (exact) mass is 408 g/mol. The van der Waals surface area contributed by atoms with Gasteiger partial charge in [-0.25, -0.2) is 17.9 Å². The molecule has 1 fully saturated rings. The van der Waals surface area contributed by atoms with Crippen LogP contribution in [0.4, 0.5) is 0 Å². The molecular weight excluding hydrogens is 380 g/mol. The molecule has 0 bridgehead atoms. The number of amides is 1. The fourth-order valence-electron chi connectivity index (χ4n) is 3.17. The summed E-state index contributed by atoms with van der Waals surface area (Å²) in [5.74, 6) is -0.209. The Bertz CT molecular complexity index is 796. The summed E-state index contributed by atoms with van der Waals surface area (Å²) in [5, 5.41) is 0. The van der Waals surface area contributed by atoms with Gasteiger partial charge >= 0.3 is 5.97 Å². The number of nitrogens with one attached hydrogen (secondary N) is 1. The zero-order valence-electron chi connectivity index (χ0n) is 16.4. The van der Waals surface area contributed by atoms with E-state index in [0.717, 1.165) is 25.7 Å². The zero-order valence-corrected chi connectivity index (χ0v) is 17.2. The third kappa shape index (κ3) is 5.90. The van der Waals surface area contributed by atoms with Gasteiger partial charge in [0.05, 0.1) is 10.5 Å². The lowest BCUT2D eigenvalue weighted by atomic mass is 9.87. The van der Waals surface area contributed by atoms with Crippen molar-refractivity contribution in [3.8, 4) is 0 Å². The number of esters is 1. The normalized spacial score (nSPS) is 19.6. The molecule has 1 aliphatic carbocycles. The number of carbonyl (C=O) groups is 2. The van der Waals surface area contributed by atoms with Crippen molar-refractivity contribution in [3.63, 3.8) is 0 Å². The SMILES string of the molecule is C=CCNS(=O)(=O)c1ccc(C(=O)OCC(=O)N(C)C2CCC(C)CC2)cc1. The average molecular weight is 409 g/mol. The van der Waals surface area contributed by atoms with Crippen molar-refractivity contribution in [1.29, 1.82) is 0 Å². The Morgan fingerprint density at radius 1 is 1.21 bits per heavy atom. The first-order valence-corrected chi connectivity index (χ1v) is 10.9. The molecule has 1 amide bonds. The highest BCUT2D eigenvalue weighted by atomic mass is 32.2. The van der Waals surface area contributed by atoms with E-state index in [1.807, 2.05) is 0 Å². The molecule has 7 nitrogen and oxygen atoms in total. The Balaban J connectivity index is 1.88. The molecule has 1 N–H and O–H groups in total. The molecular formula is C20H28N2O5S. The van der Waals surface area contributed by atoms with Gasteiger partial charge in [0.2, 0.25) is 10.0 Å². The van der Waals surface area contributed by atoms with E-state index in [1.54, 1.807) is 11.9 Å². The predicted molar refractivity (Wildman–Crippen MR) is 106 cm³/mol. The highest BCUT2D eigenvalue weighted by Gasteiger charge is 2.25. The quantitative estimate of drug-likeness (QED) is 0.526. The van der Waals surface area contributed by atoms with Crippen LogP contribution in [-0.2, 0) is 19.6 Å². The molecule has 0 unspecified atom stereocenters. The molecule has 154 valence electrons. The van der Waals surface area contributed by atoms with E-state index < -0.39 is 16.0 Å². The van der Waals surface area contributed by atoms with E-state index in [2.05, 4.69) is 18.2 Å². The molecule has 0 atom stereocenters. The number of hydrogen-bond donors (Lipinski definition) is 1. The lowest BCUT2D eigenvalue weighted by Crippen LogP contribution is -2.41. The standard InChI is InChI=1S/C20H28N2O5S/c1-4-13-21-28(25,26)18-11-7-16(8-12-18)20(24)27-14-19(23)22(3)17-9-5-15(2)6-10-17/h4,7-8,11-12,15,17,21H,1,5-6,9-10,13-14H2,2-3H3. The van der Waals surface area contributed by atoms with Crippen LogP contribution in [0.1, 0.15) is 43.0 Å². The largest absolute Gasteiger partial charge is 0.452 e. The molecule has 28 heavy (non-hydrogen) atoms. The second kappa shape index (κ2) is 9.84. The summed E-state index contributed by atoms with van der Waals surface area (Å²) >= 11 is 0. The molecule has 0 aromatic heterocycles. The molecule has 8 heteroatoms. The van der Waals surface area contributed by atoms with Gasteiger partial charge < -0.3 is 9.64 Å². The van der Waals surface area contributed by atoms with Gasteiger partial charge in [-0.15, -0.1) is 6.58 Å². The number of benzene rings is 1. The minimum atomic E-state index is -3.65. The van der Waals surface area contributed by atoms with Crippen LogP contribution >= 0.6 is 0 Å². The van der Waals surface area contributed by atoms with Gasteiger partial charge in [-0.1, -0.05) is 13.0 Å². The molecule has 2 rings (SSSR count). The highest BCUT2D eigenvalue weighted by molar-refractivity contribution is 7.89. The van der Waals surface area contributed by atoms with Gasteiger partial charge in [-0.3, -0.25) is 4.79 Å². The maximum atomic E-state index is 12.3. The van der Waals surface area contributed by atoms with Crippen LogP contribution in [0.25, 0.3) is 0 Å². The van der Waals surface area contributed by atoms with Crippen molar-refractivity contribution in [1.82, 2.24) is 9.62 Å². The van der Waals surface area contributed by atoms with Gasteiger partial charge in [0.1, 0.15) is 0 Å². The molecule has 0 heterocycles. The number of sulfonamides is 1. The van der Waals surface area contributed by atoms with Crippen molar-refractivity contribution in [2.75, 3.05) is 20.2 Å². The summed E-state index contributed by atoms with van der Waals surface area (Å²) < 4.78 is 31.5. The summed E-state index contributed by atoms with van der Waals surface area (Å²) in [6, 6.07) is 5.55. The fourth-order valence-corrected chi connectivity index (χ4v) is 4.17. The molecule has 1 aromatic carbocycles. The first-order valence-electron chi connectivity index (χ1n) is 9.38. The average Bonchev–Trinajstić information content (AvgIpc) is 2.70. The van der Waals surface area contributed by atoms with E-state index in [0.29, 0.717) is 5.92 Å². The Hall–Kier alpha value is -2.19. The van der Waals surface area contributed by atoms with E-state index in [-0.39, 0.29) is 35.6 Å². The van der Waals surface area contributed by atoms with Crippen molar-refractivity contribution in [2.24, 2.45) is 5.92 Å². The van der Waals surface area contributed by atoms with Gasteiger partial charge in [-0.2, -0.15) is 0 Å². The molecule has 1 aromatic rings. The van der Waals surface area contributed by atoms with Crippen LogP contribution in [0.15, 0.2) is 41.8 Å². The Labute approximate surface area is 166 Å². The van der Waals surface area contributed by atoms with Crippen LogP contribution in [0, 0.1) is 5.92 Å². The summed E-state index contributed by atoms with van der Waals surface area (Å²) in [7, 11) is -1.91. The van der Waals surface area contributed by atoms with Gasteiger partial charge in [0.15, 0.2) is 6.61 Å². The molecule has 1 saturated carbocycles. The Kier molecular flexibility index (Phi) is 7.77. The smallest absolute Gasteiger partial charge is 0.338 e. The van der Waals surface area contributed by atoms with Crippen LogP contribution < -0.4 is 4.72 Å². The minimum Gasteiger partial charge on any atom is -0.452 e. The molecule has 0 saturated heterocycles. The number of nitrogens with zero attached hydrogens (tertiary/aromatic N) is 1. The van der Waals surface area contributed by atoms with Crippen LogP contribution in [0.5, 0.6) is 0 Å². The molecule has 0 spiro atoms. The van der Waals surface area contributed by atoms with Crippen molar-refractivity contribution >= 4 is 21.9 Å². The summed E-state index contributed by atoms with van der Waals surface area (Å²) in [6.45, 7) is 5.45. The molecule has 0 aliphatic heterocycles. The number of rotatable bonds is 8. The topological polar surface area (TPSA) is 92.8 Å². The van der Waals surface area contributed by atoms with E-state index in [4.69, 9.17) is 4.74 Å². The first-order chi connectivity index (χ1) is 13.2. The van der Waals surface area contributed by atoms with Crippen LogP contribution in [-0.4, -0.2) is 51.4 Å². The van der Waals surface area contributed by atoms with Gasteiger partial charge in [0.25, 0.3) is 5.91 Å². The van der Waals surface area contributed by atoms with E-state index >= 15 is 0 Å². The fraction of sp³-hybridized carbons (Fsp3) is 0.500. The van der Waals surface area contributed by atoms with E-state index in [9.17, 15) is 18.0 Å². The maximum Gasteiger partial charge on any atom is 0.338 e. The predicted octanol–water partition coefficient (Wildman–Crippen LogP) is 2.34. The third-order valence-electron chi connectivity index (χ3n) is 5.07. The minimum absolute atomic E-state index is 0.0354. The second-order valence-corrected chi connectivity index (χ2v) is 8.93. The van der Waals surface area contributed by atoms with Crippen molar-refractivity contribution < 1.29 is 22.7 Å². The van der Waals surface area contributed by atoms with Crippen molar-refractivity contribution in [3.05, 3.63) is 42.5 Å². The lowest BCUT2D eigenvalue weighted by Gasteiger charge is -2.33. The Morgan fingerprint density at radius 3 is 2.39 bits per heavy atom. The summed E-state index contributed by atoms with van der Waals surface area (Å²) in [4.78, 5) is 26.2. The zero-order chi connectivity index (χ0) is 20.7. The molecule has 0 radical (unpaired) electrons. The number of hydrogen-bond acceptors (Lipinski definition) is 5. The molecule has 1 aliphatic rings. The van der Waals surface area contributed by atoms with Crippen LogP contribution in [0.3, 0.4) is 0 Å². The van der Waals surface area contributed by atoms with Gasteiger partial charge in [-0.05, 0) is 55.9 Å². The number of likely N-dealkylation sites (N-methyl/N-ethyl adjacent to an activating group) is 1. The summed E-state index contributed by atoms with van der Waals surface area (Å²) in [6.07, 6.45) is 5.56. The maximum absolute atomic E-state index is 12.3. The number of carbonyl (C=O) groups excluding carboxylic acids is 2. The first kappa shape index (κ1) is 22.1. The van der Waals surface area contributed by atoms with E-state index in [1.165, 1.54) is 30.3 Å². The van der Waals surface area contributed by atoms with Crippen molar-refractivity contribution in [2.45, 2.75) is 43.5 Å². The number of ether oxygens (including phenoxy) is 1. The Morgan fingerprint density at radius 2 is 1.82 bits per heavy atom. The second-order valence-electron chi connectivity index (χ2n) is 7.16.